The average Bonchev–Trinajstić information content (AvgIpc) is 3.38. The van der Waals surface area contributed by atoms with E-state index in [1.165, 1.54) is 30.3 Å². The van der Waals surface area contributed by atoms with Gasteiger partial charge in [-0.3, -0.25) is 14.3 Å². The molecule has 0 bridgehead atoms. The fraction of sp³-hybridized carbons (Fsp3) is 0.318. The van der Waals surface area contributed by atoms with Crippen molar-refractivity contribution in [3.63, 3.8) is 0 Å². The lowest BCUT2D eigenvalue weighted by Crippen LogP contribution is -2.28. The van der Waals surface area contributed by atoms with Gasteiger partial charge in [0.25, 0.3) is 11.8 Å². The molecule has 0 aliphatic heterocycles. The summed E-state index contributed by atoms with van der Waals surface area (Å²) in [6.07, 6.45) is 1.60. The first-order valence-corrected chi connectivity index (χ1v) is 9.99. The molecule has 9 heteroatoms. The van der Waals surface area contributed by atoms with E-state index in [4.69, 9.17) is 9.15 Å². The Bertz CT molecular complexity index is 1040. The average molecular weight is 428 g/mol. The second-order valence-corrected chi connectivity index (χ2v) is 7.31. The smallest absolute Gasteiger partial charge is 0.291 e. The van der Waals surface area contributed by atoms with Gasteiger partial charge in [-0.2, -0.15) is 5.10 Å². The highest BCUT2D eigenvalue weighted by atomic mass is 19.1. The lowest BCUT2D eigenvalue weighted by Gasteiger charge is -2.07. The van der Waals surface area contributed by atoms with Crippen LogP contribution in [-0.2, 0) is 13.2 Å². The molecule has 2 amide bonds. The van der Waals surface area contributed by atoms with Crippen LogP contribution >= 0.6 is 0 Å². The molecule has 2 N–H and O–H groups in total. The number of carbonyl (C=O) groups excluding carboxylic acids is 2. The molecule has 0 atom stereocenters. The maximum atomic E-state index is 13.0. The van der Waals surface area contributed by atoms with Gasteiger partial charge in [0.2, 0.25) is 0 Å². The van der Waals surface area contributed by atoms with Gasteiger partial charge in [-0.15, -0.1) is 0 Å². The minimum atomic E-state index is -0.512. The minimum absolute atomic E-state index is 0.0653. The number of anilines is 1. The largest absolute Gasteiger partial charge is 0.486 e. The Balaban J connectivity index is 1.65. The molecule has 0 saturated carbocycles. The van der Waals surface area contributed by atoms with Gasteiger partial charge in [0.15, 0.2) is 11.5 Å². The molecule has 2 aromatic heterocycles. The lowest BCUT2D eigenvalue weighted by atomic mass is 10.2. The van der Waals surface area contributed by atoms with Gasteiger partial charge in [0.1, 0.15) is 23.9 Å². The summed E-state index contributed by atoms with van der Waals surface area (Å²) in [7, 11) is 0. The highest BCUT2D eigenvalue weighted by Crippen LogP contribution is 2.18. The van der Waals surface area contributed by atoms with Gasteiger partial charge in [0, 0.05) is 19.3 Å². The van der Waals surface area contributed by atoms with Crippen molar-refractivity contribution in [2.75, 3.05) is 11.9 Å². The van der Waals surface area contributed by atoms with Crippen molar-refractivity contribution in [3.8, 4) is 5.75 Å². The van der Waals surface area contributed by atoms with E-state index in [-0.39, 0.29) is 35.7 Å². The molecule has 8 nitrogen and oxygen atoms in total. The van der Waals surface area contributed by atoms with E-state index >= 15 is 0 Å². The second kappa shape index (κ2) is 9.92. The molecule has 0 aliphatic carbocycles. The molecule has 0 aliphatic rings. The maximum absolute atomic E-state index is 13.0. The van der Waals surface area contributed by atoms with Gasteiger partial charge >= 0.3 is 0 Å². The standard InChI is InChI=1S/C22H25FN4O4/c1-4-27-12-18(20(26-27)22(29)24-11-14(2)3)25-21(28)19-10-9-17(31-19)13-30-16-7-5-15(23)6-8-16/h5-10,12,14H,4,11,13H2,1-3H3,(H,24,29)(H,25,28). The van der Waals surface area contributed by atoms with Gasteiger partial charge < -0.3 is 19.8 Å². The second-order valence-electron chi connectivity index (χ2n) is 7.31. The number of aryl methyl sites for hydroxylation is 1. The van der Waals surface area contributed by atoms with Crippen LogP contribution in [0.15, 0.2) is 47.0 Å². The lowest BCUT2D eigenvalue weighted by molar-refractivity contribution is 0.0944. The van der Waals surface area contributed by atoms with Crippen molar-refractivity contribution < 1.29 is 23.1 Å². The number of furan rings is 1. The zero-order valence-corrected chi connectivity index (χ0v) is 17.6. The molecular formula is C22H25FN4O4. The number of aromatic nitrogens is 2. The molecule has 0 radical (unpaired) electrons. The van der Waals surface area contributed by atoms with Gasteiger partial charge in [-0.05, 0) is 49.2 Å². The zero-order chi connectivity index (χ0) is 22.4. The van der Waals surface area contributed by atoms with E-state index in [0.29, 0.717) is 30.3 Å². The molecule has 0 spiro atoms. The molecule has 2 heterocycles. The summed E-state index contributed by atoms with van der Waals surface area (Å²) in [6, 6.07) is 8.72. The Hall–Kier alpha value is -3.62. The minimum Gasteiger partial charge on any atom is -0.486 e. The first kappa shape index (κ1) is 22.1. The maximum Gasteiger partial charge on any atom is 0.291 e. The summed E-state index contributed by atoms with van der Waals surface area (Å²) < 4.78 is 25.6. The van der Waals surface area contributed by atoms with Crippen LogP contribution in [0.4, 0.5) is 10.1 Å². The quantitative estimate of drug-likeness (QED) is 0.539. The van der Waals surface area contributed by atoms with Crippen LogP contribution in [0.1, 0.15) is 47.6 Å². The number of rotatable bonds is 9. The number of ether oxygens (including phenoxy) is 1. The van der Waals surface area contributed by atoms with Crippen molar-refractivity contribution in [1.29, 1.82) is 0 Å². The fourth-order valence-electron chi connectivity index (χ4n) is 2.67. The van der Waals surface area contributed by atoms with Crippen molar-refractivity contribution in [2.24, 2.45) is 5.92 Å². The van der Waals surface area contributed by atoms with Crippen LogP contribution < -0.4 is 15.4 Å². The molecule has 0 unspecified atom stereocenters. The first-order valence-electron chi connectivity index (χ1n) is 9.99. The summed E-state index contributed by atoms with van der Waals surface area (Å²) >= 11 is 0. The molecule has 3 aromatic rings. The van der Waals surface area contributed by atoms with E-state index in [9.17, 15) is 14.0 Å². The predicted molar refractivity (Wildman–Crippen MR) is 112 cm³/mol. The summed E-state index contributed by atoms with van der Waals surface area (Å²) in [6.45, 7) is 6.99. The van der Waals surface area contributed by atoms with Crippen molar-refractivity contribution >= 4 is 17.5 Å². The Labute approximate surface area is 179 Å². The number of nitrogens with one attached hydrogen (secondary N) is 2. The van der Waals surface area contributed by atoms with Crippen molar-refractivity contribution in [3.05, 3.63) is 65.6 Å². The molecular weight excluding hydrogens is 403 g/mol. The van der Waals surface area contributed by atoms with Crippen molar-refractivity contribution in [1.82, 2.24) is 15.1 Å². The monoisotopic (exact) mass is 428 g/mol. The number of benzene rings is 1. The van der Waals surface area contributed by atoms with Crippen molar-refractivity contribution in [2.45, 2.75) is 33.9 Å². The molecule has 0 fully saturated rings. The van der Waals surface area contributed by atoms with E-state index in [2.05, 4.69) is 15.7 Å². The Morgan fingerprint density at radius 3 is 2.58 bits per heavy atom. The summed E-state index contributed by atoms with van der Waals surface area (Å²) in [5.74, 6) is 0.0319. The third-order valence-corrected chi connectivity index (χ3v) is 4.30. The van der Waals surface area contributed by atoms with Crippen LogP contribution in [0.3, 0.4) is 0 Å². The van der Waals surface area contributed by atoms with E-state index in [0.717, 1.165) is 0 Å². The number of halogens is 1. The van der Waals surface area contributed by atoms with Crippen LogP contribution in [0.5, 0.6) is 5.75 Å². The predicted octanol–water partition coefficient (Wildman–Crippen LogP) is 3.85. The summed E-state index contributed by atoms with van der Waals surface area (Å²) in [5.41, 5.74) is 0.441. The molecule has 31 heavy (non-hydrogen) atoms. The van der Waals surface area contributed by atoms with Gasteiger partial charge in [-0.25, -0.2) is 4.39 Å². The van der Waals surface area contributed by atoms with Gasteiger partial charge in [-0.1, -0.05) is 13.8 Å². The van der Waals surface area contributed by atoms with E-state index in [1.807, 2.05) is 20.8 Å². The SMILES string of the molecule is CCn1cc(NC(=O)c2ccc(COc3ccc(F)cc3)o2)c(C(=O)NCC(C)C)n1. The summed E-state index contributed by atoms with van der Waals surface area (Å²) in [5, 5.41) is 9.72. The number of carbonyl (C=O) groups is 2. The van der Waals surface area contributed by atoms with E-state index < -0.39 is 5.91 Å². The molecule has 1 aromatic carbocycles. The fourth-order valence-corrected chi connectivity index (χ4v) is 2.67. The molecule has 164 valence electrons. The Morgan fingerprint density at radius 1 is 1.16 bits per heavy atom. The third-order valence-electron chi connectivity index (χ3n) is 4.30. The number of nitrogens with zero attached hydrogens (tertiary/aromatic N) is 2. The molecule has 0 saturated heterocycles. The highest BCUT2D eigenvalue weighted by molar-refractivity contribution is 6.07. The highest BCUT2D eigenvalue weighted by Gasteiger charge is 2.20. The topological polar surface area (TPSA) is 98.4 Å². The first-order chi connectivity index (χ1) is 14.9. The Kier molecular flexibility index (Phi) is 7.07. The third kappa shape index (κ3) is 5.94. The summed E-state index contributed by atoms with van der Waals surface area (Å²) in [4.78, 5) is 25.1. The van der Waals surface area contributed by atoms with Crippen LogP contribution in [0, 0.1) is 11.7 Å². The molecule has 3 rings (SSSR count). The Morgan fingerprint density at radius 2 is 1.90 bits per heavy atom. The van der Waals surface area contributed by atoms with Crippen LogP contribution in [-0.4, -0.2) is 28.1 Å². The van der Waals surface area contributed by atoms with Crippen LogP contribution in [0.2, 0.25) is 0 Å². The normalized spacial score (nSPS) is 10.9. The number of hydrogen-bond acceptors (Lipinski definition) is 5. The number of amides is 2. The number of hydrogen-bond donors (Lipinski definition) is 2. The van der Waals surface area contributed by atoms with Crippen LogP contribution in [0.25, 0.3) is 0 Å². The van der Waals surface area contributed by atoms with E-state index in [1.54, 1.807) is 16.9 Å². The zero-order valence-electron chi connectivity index (χ0n) is 17.6. The van der Waals surface area contributed by atoms with Gasteiger partial charge in [0.05, 0.1) is 5.69 Å².